The first-order valence-electron chi connectivity index (χ1n) is 23.3. The van der Waals surface area contributed by atoms with Crippen LogP contribution in [0.4, 0.5) is 17.1 Å². The Kier molecular flexibility index (Phi) is 5.57. The van der Waals surface area contributed by atoms with Gasteiger partial charge in [0.15, 0.2) is 0 Å². The van der Waals surface area contributed by atoms with Gasteiger partial charge in [-0.1, -0.05) is 147 Å². The van der Waals surface area contributed by atoms with E-state index in [9.17, 15) is 0 Å². The molecule has 0 radical (unpaired) electrons. The molecule has 1 aliphatic rings. The molecule has 0 N–H and O–H groups in total. The molecule has 8 aromatic carbocycles. The van der Waals surface area contributed by atoms with Crippen molar-refractivity contribution in [3.05, 3.63) is 193 Å². The summed E-state index contributed by atoms with van der Waals surface area (Å²) in [6.45, 7) is 4.37. The lowest BCUT2D eigenvalue weighted by Gasteiger charge is -2.28. The molecular weight excluding hydrogens is 717 g/mol. The highest BCUT2D eigenvalue weighted by Gasteiger charge is 2.35. The van der Waals surface area contributed by atoms with Gasteiger partial charge in [0.1, 0.15) is 5.01 Å². The maximum absolute atomic E-state index is 9.10. The van der Waals surface area contributed by atoms with Crippen molar-refractivity contribution in [3.63, 3.8) is 0 Å². The summed E-state index contributed by atoms with van der Waals surface area (Å²) >= 11 is 2.99. The molecule has 2 nitrogen and oxygen atoms in total. The van der Waals surface area contributed by atoms with Crippen molar-refractivity contribution in [1.82, 2.24) is 4.98 Å². The van der Waals surface area contributed by atoms with E-state index >= 15 is 0 Å². The largest absolute Gasteiger partial charge is 0.310 e. The number of thiazole rings is 1. The third-order valence-electron chi connectivity index (χ3n) is 10.9. The first kappa shape index (κ1) is 24.2. The zero-order valence-corrected chi connectivity index (χ0v) is 31.9. The summed E-state index contributed by atoms with van der Waals surface area (Å²) in [7, 11) is 0. The number of nitrogens with zero attached hydrogens (tertiary/aromatic N) is 2. The van der Waals surface area contributed by atoms with E-state index in [1.807, 2.05) is 72.8 Å². The summed E-state index contributed by atoms with van der Waals surface area (Å²) < 4.78 is 88.7. The fourth-order valence-electron chi connectivity index (χ4n) is 8.29. The number of hydrogen-bond donors (Lipinski definition) is 0. The number of hydrogen-bond acceptors (Lipinski definition) is 4. The van der Waals surface area contributed by atoms with Gasteiger partial charge in [0.25, 0.3) is 0 Å². The minimum Gasteiger partial charge on any atom is -0.310 e. The number of thiophene rings is 1. The molecule has 0 bridgehead atoms. The molecule has 0 spiro atoms. The SMILES string of the molecule is [2H]c1c([2H])c([2H])c(-c2nc3cccc(-c4ccc(-c5ccc(N(c6ccc7c(c6)C(C)(C)c6ccccc6-7)c6c([2H])c([2H])c([2H])c([2H])c6[2H])cc5)c5sc6ccccc6c45)c3s2)c([2H])c1[2H]. The molecular formula is C52H36N2S2. The molecule has 0 atom stereocenters. The molecule has 266 valence electrons. The maximum Gasteiger partial charge on any atom is 0.124 e. The van der Waals surface area contributed by atoms with Crippen LogP contribution in [0.1, 0.15) is 38.7 Å². The Morgan fingerprint density at radius 1 is 0.518 bits per heavy atom. The summed E-state index contributed by atoms with van der Waals surface area (Å²) in [6, 6.07) is 37.0. The molecule has 2 heterocycles. The maximum atomic E-state index is 9.10. The number of anilines is 3. The van der Waals surface area contributed by atoms with Crippen molar-refractivity contribution in [2.45, 2.75) is 19.3 Å². The van der Waals surface area contributed by atoms with Gasteiger partial charge in [0.2, 0.25) is 0 Å². The van der Waals surface area contributed by atoms with Crippen LogP contribution in [0.15, 0.2) is 182 Å². The molecule has 0 unspecified atom stereocenters. The highest BCUT2D eigenvalue weighted by molar-refractivity contribution is 7.26. The Hall–Kier alpha value is -6.33. The second kappa shape index (κ2) is 12.9. The van der Waals surface area contributed by atoms with Crippen molar-refractivity contribution in [3.8, 4) is 44.0 Å². The molecule has 0 fully saturated rings. The van der Waals surface area contributed by atoms with Crippen LogP contribution in [0.25, 0.3) is 74.3 Å². The third-order valence-corrected chi connectivity index (χ3v) is 13.2. The summed E-state index contributed by atoms with van der Waals surface area (Å²) in [5, 5.41) is 2.47. The second-order valence-corrected chi connectivity index (χ2v) is 16.4. The van der Waals surface area contributed by atoms with Gasteiger partial charge < -0.3 is 4.90 Å². The number of para-hydroxylation sites is 1. The molecule has 1 aliphatic carbocycles. The molecule has 0 aliphatic heterocycles. The zero-order chi connectivity index (χ0) is 46.1. The average Bonchev–Trinajstić information content (AvgIpc) is 4.01. The second-order valence-electron chi connectivity index (χ2n) is 14.4. The predicted molar refractivity (Wildman–Crippen MR) is 241 cm³/mol. The fourth-order valence-corrected chi connectivity index (χ4v) is 10.6. The number of benzene rings is 8. The van der Waals surface area contributed by atoms with Gasteiger partial charge in [-0.05, 0) is 87.4 Å². The minimum atomic E-state index is -0.452. The van der Waals surface area contributed by atoms with E-state index in [0.717, 1.165) is 63.8 Å². The van der Waals surface area contributed by atoms with Crippen LogP contribution < -0.4 is 4.90 Å². The highest BCUT2D eigenvalue weighted by Crippen LogP contribution is 2.51. The Labute approximate surface area is 348 Å². The van der Waals surface area contributed by atoms with E-state index in [2.05, 4.69) is 62.4 Å². The number of aromatic nitrogens is 1. The Balaban J connectivity index is 1.06. The van der Waals surface area contributed by atoms with Crippen molar-refractivity contribution in [2.24, 2.45) is 0 Å². The van der Waals surface area contributed by atoms with Gasteiger partial charge in [-0.25, -0.2) is 4.98 Å². The lowest BCUT2D eigenvalue weighted by molar-refractivity contribution is 0.660. The van der Waals surface area contributed by atoms with E-state index in [-0.39, 0.29) is 40.8 Å². The summed E-state index contributed by atoms with van der Waals surface area (Å²) in [6.07, 6.45) is 0. The summed E-state index contributed by atoms with van der Waals surface area (Å²) in [5.74, 6) is 0. The van der Waals surface area contributed by atoms with E-state index in [0.29, 0.717) is 21.9 Å². The van der Waals surface area contributed by atoms with Crippen LogP contribution in [-0.2, 0) is 5.41 Å². The topological polar surface area (TPSA) is 16.1 Å². The summed E-state index contributed by atoms with van der Waals surface area (Å²) in [4.78, 5) is 6.59. The van der Waals surface area contributed by atoms with E-state index < -0.39 is 36.3 Å². The quantitative estimate of drug-likeness (QED) is 0.168. The monoisotopic (exact) mass is 762 g/mol. The molecule has 56 heavy (non-hydrogen) atoms. The number of fused-ring (bicyclic) bond motifs is 7. The van der Waals surface area contributed by atoms with Crippen molar-refractivity contribution < 1.29 is 13.7 Å². The molecule has 0 saturated carbocycles. The predicted octanol–water partition coefficient (Wildman–Crippen LogP) is 15.4. The standard InChI is InChI=1S/C52H36N2S2/c1-52(2)44-21-11-9-18-39(44)40-29-28-37(32-45(40)52)54(35-16-7-4-8-17-35)36-26-24-33(25-27-36)38-30-31-41(48-43-19-10-12-23-47(43)55-50(38)48)42-20-13-22-46-49(42)56-51(53-46)34-14-5-3-6-15-34/h3-32H,1-2H3/i3D,4D,5D,6D,7D,8D,14D,15D,16D,17D. The Morgan fingerprint density at radius 2 is 1.20 bits per heavy atom. The molecule has 4 heteroatoms. The lowest BCUT2D eigenvalue weighted by Crippen LogP contribution is -2.16. The van der Waals surface area contributed by atoms with Crippen molar-refractivity contribution in [1.29, 1.82) is 0 Å². The number of rotatable bonds is 6. The van der Waals surface area contributed by atoms with Crippen LogP contribution in [0.3, 0.4) is 0 Å². The third kappa shape index (κ3) is 5.17. The molecule has 2 aromatic heterocycles. The Bertz CT molecular complexity index is 3650. The van der Waals surface area contributed by atoms with E-state index in [1.165, 1.54) is 16.9 Å². The molecule has 11 rings (SSSR count). The van der Waals surface area contributed by atoms with E-state index in [1.54, 1.807) is 16.2 Å². The van der Waals surface area contributed by atoms with Crippen LogP contribution in [-0.4, -0.2) is 4.98 Å². The lowest BCUT2D eigenvalue weighted by atomic mass is 9.82. The van der Waals surface area contributed by atoms with Gasteiger partial charge in [-0.3, -0.25) is 0 Å². The molecule has 0 saturated heterocycles. The highest BCUT2D eigenvalue weighted by atomic mass is 32.1. The van der Waals surface area contributed by atoms with Crippen LogP contribution in [0.5, 0.6) is 0 Å². The van der Waals surface area contributed by atoms with Crippen LogP contribution in [0, 0.1) is 0 Å². The van der Waals surface area contributed by atoms with Crippen molar-refractivity contribution >= 4 is 70.1 Å². The molecule has 10 aromatic rings. The average molecular weight is 763 g/mol. The van der Waals surface area contributed by atoms with Gasteiger partial charge in [0, 0.05) is 53.8 Å². The smallest absolute Gasteiger partial charge is 0.124 e. The summed E-state index contributed by atoms with van der Waals surface area (Å²) in [5.41, 5.74) is 10.1. The van der Waals surface area contributed by atoms with Crippen LogP contribution in [0.2, 0.25) is 0 Å². The fraction of sp³-hybridized carbons (Fsp3) is 0.0577. The zero-order valence-electron chi connectivity index (χ0n) is 40.3. The van der Waals surface area contributed by atoms with Crippen molar-refractivity contribution in [2.75, 3.05) is 4.90 Å². The van der Waals surface area contributed by atoms with Crippen LogP contribution >= 0.6 is 22.7 Å². The van der Waals surface area contributed by atoms with Gasteiger partial charge in [0.05, 0.1) is 23.9 Å². The first-order chi connectivity index (χ1) is 31.7. The van der Waals surface area contributed by atoms with Gasteiger partial charge in [-0.2, -0.15) is 0 Å². The normalized spacial score (nSPS) is 15.5. The molecule has 0 amide bonds. The van der Waals surface area contributed by atoms with E-state index in [4.69, 9.17) is 18.7 Å². The van der Waals surface area contributed by atoms with Gasteiger partial charge in [-0.15, -0.1) is 22.7 Å². The van der Waals surface area contributed by atoms with Gasteiger partial charge >= 0.3 is 0 Å². The minimum absolute atomic E-state index is 0.0604. The first-order valence-corrected chi connectivity index (χ1v) is 19.9. The Morgan fingerprint density at radius 3 is 2.04 bits per heavy atom.